The first-order valence-electron chi connectivity index (χ1n) is 7.57. The fourth-order valence-corrected chi connectivity index (χ4v) is 2.72. The van der Waals surface area contributed by atoms with Crippen LogP contribution in [-0.2, 0) is 4.79 Å². The van der Waals surface area contributed by atoms with Crippen molar-refractivity contribution in [1.29, 1.82) is 0 Å². The number of amides is 1. The van der Waals surface area contributed by atoms with Crippen molar-refractivity contribution < 1.29 is 4.79 Å². The van der Waals surface area contributed by atoms with E-state index < -0.39 is 0 Å². The smallest absolute Gasteiger partial charge is 0.224 e. The van der Waals surface area contributed by atoms with E-state index in [9.17, 15) is 4.79 Å². The maximum atomic E-state index is 11.9. The van der Waals surface area contributed by atoms with Gasteiger partial charge in [-0.1, -0.05) is 18.6 Å². The van der Waals surface area contributed by atoms with Gasteiger partial charge in [-0.15, -0.1) is 0 Å². The molecule has 1 aromatic rings. The molecule has 0 radical (unpaired) electrons. The van der Waals surface area contributed by atoms with E-state index in [1.165, 1.54) is 32.4 Å². The number of benzene rings is 1. The van der Waals surface area contributed by atoms with Crippen LogP contribution < -0.4 is 11.1 Å². The Morgan fingerprint density at radius 3 is 2.48 bits per heavy atom. The molecule has 0 spiro atoms. The zero-order chi connectivity index (χ0) is 15.1. The van der Waals surface area contributed by atoms with Crippen molar-refractivity contribution in [3.63, 3.8) is 0 Å². The molecule has 21 heavy (non-hydrogen) atoms. The van der Waals surface area contributed by atoms with Crippen LogP contribution >= 0.6 is 12.2 Å². The van der Waals surface area contributed by atoms with E-state index in [2.05, 4.69) is 10.2 Å². The molecule has 1 aliphatic rings. The molecule has 1 amide bonds. The van der Waals surface area contributed by atoms with Gasteiger partial charge in [-0.3, -0.25) is 4.79 Å². The summed E-state index contributed by atoms with van der Waals surface area (Å²) in [5.41, 5.74) is 7.14. The summed E-state index contributed by atoms with van der Waals surface area (Å²) >= 11 is 4.90. The van der Waals surface area contributed by atoms with Crippen molar-refractivity contribution in [2.24, 2.45) is 5.73 Å². The minimum Gasteiger partial charge on any atom is -0.389 e. The minimum absolute atomic E-state index is 0.0649. The Bertz CT molecular complexity index is 481. The Hall–Kier alpha value is -1.46. The topological polar surface area (TPSA) is 58.4 Å². The Morgan fingerprint density at radius 1 is 1.19 bits per heavy atom. The van der Waals surface area contributed by atoms with Crippen LogP contribution in [0.4, 0.5) is 5.69 Å². The van der Waals surface area contributed by atoms with E-state index >= 15 is 0 Å². The average Bonchev–Trinajstić information content (AvgIpc) is 2.49. The largest absolute Gasteiger partial charge is 0.389 e. The number of rotatable bonds is 6. The Morgan fingerprint density at radius 2 is 1.86 bits per heavy atom. The van der Waals surface area contributed by atoms with Gasteiger partial charge in [-0.25, -0.2) is 0 Å². The van der Waals surface area contributed by atoms with Crippen LogP contribution in [0, 0.1) is 0 Å². The quantitative estimate of drug-likeness (QED) is 0.793. The van der Waals surface area contributed by atoms with Gasteiger partial charge in [-0.2, -0.15) is 0 Å². The molecule has 1 aromatic carbocycles. The first kappa shape index (κ1) is 15.9. The number of hydrogen-bond donors (Lipinski definition) is 2. The highest BCUT2D eigenvalue weighted by Crippen LogP contribution is 2.12. The van der Waals surface area contributed by atoms with Gasteiger partial charge in [0.15, 0.2) is 0 Å². The third kappa shape index (κ3) is 5.44. The predicted octanol–water partition coefficient (Wildman–Crippen LogP) is 2.53. The normalized spacial score (nSPS) is 15.6. The zero-order valence-corrected chi connectivity index (χ0v) is 13.1. The van der Waals surface area contributed by atoms with Crippen LogP contribution in [0.25, 0.3) is 0 Å². The lowest BCUT2D eigenvalue weighted by Crippen LogP contribution is -2.31. The fraction of sp³-hybridized carbons (Fsp3) is 0.500. The van der Waals surface area contributed by atoms with Crippen molar-refractivity contribution in [2.75, 3.05) is 25.0 Å². The van der Waals surface area contributed by atoms with Gasteiger partial charge in [0.25, 0.3) is 0 Å². The molecule has 4 nitrogen and oxygen atoms in total. The molecular formula is C16H23N3OS. The van der Waals surface area contributed by atoms with Crippen LogP contribution in [0.15, 0.2) is 24.3 Å². The van der Waals surface area contributed by atoms with Crippen molar-refractivity contribution in [2.45, 2.75) is 32.1 Å². The van der Waals surface area contributed by atoms with Gasteiger partial charge >= 0.3 is 0 Å². The van der Waals surface area contributed by atoms with Gasteiger partial charge in [0.1, 0.15) is 4.99 Å². The molecule has 0 saturated carbocycles. The number of nitrogens with zero attached hydrogens (tertiary/aromatic N) is 1. The van der Waals surface area contributed by atoms with Crippen LogP contribution in [0.5, 0.6) is 0 Å². The predicted molar refractivity (Wildman–Crippen MR) is 90.5 cm³/mol. The number of likely N-dealkylation sites (tertiary alicyclic amines) is 1. The summed E-state index contributed by atoms with van der Waals surface area (Å²) in [5.74, 6) is 0.0649. The number of nitrogens with two attached hydrogens (primary N) is 1. The lowest BCUT2D eigenvalue weighted by molar-refractivity contribution is -0.116. The molecule has 1 heterocycles. The SMILES string of the molecule is NC(=S)c1ccc(NC(=O)CCCN2CCCCC2)cc1. The standard InChI is InChI=1S/C16H23N3OS/c17-16(21)13-6-8-14(9-7-13)18-15(20)5-4-12-19-10-2-1-3-11-19/h6-9H,1-5,10-12H2,(H2,17,21)(H,18,20). The van der Waals surface area contributed by atoms with Crippen molar-refractivity contribution in [1.82, 2.24) is 4.90 Å². The Kier molecular flexibility index (Phi) is 6.14. The van der Waals surface area contributed by atoms with Crippen LogP contribution in [-0.4, -0.2) is 35.4 Å². The number of carbonyl (C=O) groups excluding carboxylic acids is 1. The zero-order valence-electron chi connectivity index (χ0n) is 12.3. The monoisotopic (exact) mass is 305 g/mol. The summed E-state index contributed by atoms with van der Waals surface area (Å²) in [6.07, 6.45) is 5.41. The second-order valence-corrected chi connectivity index (χ2v) is 5.94. The molecule has 0 unspecified atom stereocenters. The molecule has 1 aliphatic heterocycles. The number of thiocarbonyl (C=S) groups is 1. The van der Waals surface area contributed by atoms with Gasteiger partial charge in [0, 0.05) is 17.7 Å². The average molecular weight is 305 g/mol. The summed E-state index contributed by atoms with van der Waals surface area (Å²) in [7, 11) is 0. The highest BCUT2D eigenvalue weighted by atomic mass is 32.1. The number of nitrogens with one attached hydrogen (secondary N) is 1. The van der Waals surface area contributed by atoms with Crippen molar-refractivity contribution >= 4 is 28.8 Å². The number of piperidine rings is 1. The molecule has 114 valence electrons. The maximum Gasteiger partial charge on any atom is 0.224 e. The lowest BCUT2D eigenvalue weighted by Gasteiger charge is -2.26. The highest BCUT2D eigenvalue weighted by molar-refractivity contribution is 7.80. The van der Waals surface area contributed by atoms with E-state index in [-0.39, 0.29) is 5.91 Å². The van der Waals surface area contributed by atoms with Crippen LogP contribution in [0.2, 0.25) is 0 Å². The Labute approximate surface area is 131 Å². The van der Waals surface area contributed by atoms with E-state index in [1.807, 2.05) is 24.3 Å². The molecule has 0 bridgehead atoms. The summed E-state index contributed by atoms with van der Waals surface area (Å²) in [4.78, 5) is 14.7. The van der Waals surface area contributed by atoms with Gasteiger partial charge in [-0.05, 0) is 63.2 Å². The summed E-state index contributed by atoms with van der Waals surface area (Å²) in [6.45, 7) is 3.39. The molecule has 1 fully saturated rings. The van der Waals surface area contributed by atoms with Crippen LogP contribution in [0.1, 0.15) is 37.7 Å². The summed E-state index contributed by atoms with van der Waals surface area (Å²) < 4.78 is 0. The highest BCUT2D eigenvalue weighted by Gasteiger charge is 2.10. The molecular weight excluding hydrogens is 282 g/mol. The van der Waals surface area contributed by atoms with Crippen molar-refractivity contribution in [3.8, 4) is 0 Å². The number of carbonyl (C=O) groups is 1. The minimum atomic E-state index is 0.0649. The number of hydrogen-bond acceptors (Lipinski definition) is 3. The van der Waals surface area contributed by atoms with E-state index in [4.69, 9.17) is 18.0 Å². The number of anilines is 1. The third-order valence-corrected chi connectivity index (χ3v) is 4.02. The second-order valence-electron chi connectivity index (χ2n) is 5.50. The summed E-state index contributed by atoms with van der Waals surface area (Å²) in [5, 5.41) is 2.90. The van der Waals surface area contributed by atoms with Gasteiger partial charge in [0.05, 0.1) is 0 Å². The fourth-order valence-electron chi connectivity index (χ4n) is 2.59. The maximum absolute atomic E-state index is 11.9. The first-order chi connectivity index (χ1) is 10.1. The molecule has 0 atom stereocenters. The van der Waals surface area contributed by atoms with Crippen LogP contribution in [0.3, 0.4) is 0 Å². The van der Waals surface area contributed by atoms with E-state index in [0.29, 0.717) is 11.4 Å². The molecule has 0 aliphatic carbocycles. The third-order valence-electron chi connectivity index (χ3n) is 3.78. The molecule has 1 saturated heterocycles. The molecule has 3 N–H and O–H groups in total. The Balaban J connectivity index is 1.70. The van der Waals surface area contributed by atoms with Gasteiger partial charge in [0.2, 0.25) is 5.91 Å². The molecule has 5 heteroatoms. The second kappa shape index (κ2) is 8.10. The molecule has 2 rings (SSSR count). The van der Waals surface area contributed by atoms with Crippen molar-refractivity contribution in [3.05, 3.63) is 29.8 Å². The van der Waals surface area contributed by atoms with E-state index in [1.54, 1.807) is 0 Å². The summed E-state index contributed by atoms with van der Waals surface area (Å²) in [6, 6.07) is 7.31. The lowest BCUT2D eigenvalue weighted by atomic mass is 10.1. The molecule has 0 aromatic heterocycles. The first-order valence-corrected chi connectivity index (χ1v) is 7.98. The van der Waals surface area contributed by atoms with Gasteiger partial charge < -0.3 is 16.0 Å². The van der Waals surface area contributed by atoms with E-state index in [0.717, 1.165) is 24.2 Å².